The number of likely N-dealkylation sites (N-methyl/N-ethyl adjacent to an activating group) is 1. The number of nitrogens with one attached hydrogen (secondary N) is 1. The Kier molecular flexibility index (Phi) is 8.15. The van der Waals surface area contributed by atoms with E-state index in [0.29, 0.717) is 0 Å². The van der Waals surface area contributed by atoms with E-state index in [1.807, 2.05) is 0 Å². The summed E-state index contributed by atoms with van der Waals surface area (Å²) in [6.07, 6.45) is 2.57. The predicted molar refractivity (Wildman–Crippen MR) is 88.8 cm³/mol. The molecule has 0 spiro atoms. The number of nitrogens with zero attached hydrogens (tertiary/aromatic N) is 1. The summed E-state index contributed by atoms with van der Waals surface area (Å²) in [7, 11) is 0. The molecule has 0 amide bonds. The second kappa shape index (κ2) is 9.38. The molecule has 0 aliphatic carbocycles. The van der Waals surface area contributed by atoms with Gasteiger partial charge in [-0.05, 0) is 30.7 Å². The van der Waals surface area contributed by atoms with E-state index >= 15 is 0 Å². The Hall–Kier alpha value is -0.540. The summed E-state index contributed by atoms with van der Waals surface area (Å²) in [5.41, 5.74) is 1.19. The summed E-state index contributed by atoms with van der Waals surface area (Å²) in [5.74, 6) is 0.839. The molecule has 0 unspecified atom stereocenters. The maximum absolute atomic E-state index is 3.50. The number of anilines is 1. The zero-order valence-electron chi connectivity index (χ0n) is 12.5. The van der Waals surface area contributed by atoms with Gasteiger partial charge in [-0.25, -0.2) is 0 Å². The molecule has 1 aromatic carbocycles. The number of rotatable bonds is 9. The van der Waals surface area contributed by atoms with Gasteiger partial charge in [-0.3, -0.25) is 0 Å². The first-order valence-electron chi connectivity index (χ1n) is 7.41. The van der Waals surface area contributed by atoms with Crippen LogP contribution < -0.4 is 5.32 Å². The summed E-state index contributed by atoms with van der Waals surface area (Å²) in [5, 5.41) is 3.49. The molecule has 0 atom stereocenters. The molecule has 3 heteroatoms. The van der Waals surface area contributed by atoms with Crippen LogP contribution in [-0.4, -0.2) is 31.1 Å². The minimum atomic E-state index is 0.839. The maximum atomic E-state index is 3.50. The topological polar surface area (TPSA) is 15.3 Å². The molecule has 0 radical (unpaired) electrons. The highest BCUT2D eigenvalue weighted by molar-refractivity contribution is 9.10. The lowest BCUT2D eigenvalue weighted by Crippen LogP contribution is -2.33. The number of halogens is 1. The molecule has 0 heterocycles. The van der Waals surface area contributed by atoms with E-state index in [-0.39, 0.29) is 0 Å². The average Bonchev–Trinajstić information content (AvgIpc) is 2.43. The van der Waals surface area contributed by atoms with Crippen molar-refractivity contribution in [3.8, 4) is 0 Å². The van der Waals surface area contributed by atoms with E-state index in [1.54, 1.807) is 0 Å². The van der Waals surface area contributed by atoms with Crippen molar-refractivity contribution in [1.82, 2.24) is 4.90 Å². The van der Waals surface area contributed by atoms with Gasteiger partial charge in [0, 0.05) is 29.8 Å². The highest BCUT2D eigenvalue weighted by Crippen LogP contribution is 2.15. The van der Waals surface area contributed by atoms with Gasteiger partial charge in [0.1, 0.15) is 0 Å². The molecule has 2 nitrogen and oxygen atoms in total. The van der Waals surface area contributed by atoms with Crippen LogP contribution in [0, 0.1) is 5.92 Å². The average molecular weight is 327 g/mol. The lowest BCUT2D eigenvalue weighted by atomic mass is 10.0. The van der Waals surface area contributed by atoms with E-state index in [2.05, 4.69) is 71.2 Å². The van der Waals surface area contributed by atoms with Crippen LogP contribution in [-0.2, 0) is 0 Å². The first-order valence-corrected chi connectivity index (χ1v) is 8.20. The van der Waals surface area contributed by atoms with Crippen molar-refractivity contribution in [2.24, 2.45) is 5.92 Å². The summed E-state index contributed by atoms with van der Waals surface area (Å²) < 4.78 is 1.13. The first kappa shape index (κ1) is 16.5. The lowest BCUT2D eigenvalue weighted by Gasteiger charge is -2.25. The molecule has 1 rings (SSSR count). The Bertz CT molecular complexity index is 350. The Balaban J connectivity index is 2.33. The lowest BCUT2D eigenvalue weighted by molar-refractivity contribution is 0.241. The molecule has 19 heavy (non-hydrogen) atoms. The van der Waals surface area contributed by atoms with Crippen LogP contribution in [0.25, 0.3) is 0 Å². The summed E-state index contributed by atoms with van der Waals surface area (Å²) in [4.78, 5) is 2.54. The van der Waals surface area contributed by atoms with Crippen LogP contribution in [0.4, 0.5) is 5.69 Å². The van der Waals surface area contributed by atoms with Crippen LogP contribution in [0.2, 0.25) is 0 Å². The molecule has 1 N–H and O–H groups in total. The minimum absolute atomic E-state index is 0.839. The SMILES string of the molecule is CCC(CC)CN(CC)CCNc1cccc(Br)c1. The van der Waals surface area contributed by atoms with Gasteiger partial charge >= 0.3 is 0 Å². The highest BCUT2D eigenvalue weighted by atomic mass is 79.9. The molecular weight excluding hydrogens is 300 g/mol. The second-order valence-electron chi connectivity index (χ2n) is 5.01. The van der Waals surface area contributed by atoms with Gasteiger partial charge in [0.2, 0.25) is 0 Å². The van der Waals surface area contributed by atoms with E-state index in [9.17, 15) is 0 Å². The Morgan fingerprint density at radius 2 is 1.95 bits per heavy atom. The van der Waals surface area contributed by atoms with Crippen molar-refractivity contribution in [2.45, 2.75) is 33.6 Å². The Morgan fingerprint density at radius 3 is 2.53 bits per heavy atom. The molecule has 0 fully saturated rings. The Labute approximate surface area is 126 Å². The van der Waals surface area contributed by atoms with Gasteiger partial charge in [-0.15, -0.1) is 0 Å². The third kappa shape index (κ3) is 6.44. The maximum Gasteiger partial charge on any atom is 0.0351 e. The van der Waals surface area contributed by atoms with Gasteiger partial charge < -0.3 is 10.2 Å². The summed E-state index contributed by atoms with van der Waals surface area (Å²) >= 11 is 3.50. The first-order chi connectivity index (χ1) is 9.19. The van der Waals surface area contributed by atoms with Gasteiger partial charge in [0.25, 0.3) is 0 Å². The van der Waals surface area contributed by atoms with Gasteiger partial charge in [-0.1, -0.05) is 55.6 Å². The predicted octanol–water partition coefficient (Wildman–Crippen LogP) is 4.62. The number of benzene rings is 1. The normalized spacial score (nSPS) is 11.3. The highest BCUT2D eigenvalue weighted by Gasteiger charge is 2.09. The zero-order valence-corrected chi connectivity index (χ0v) is 14.0. The third-order valence-electron chi connectivity index (χ3n) is 3.70. The Morgan fingerprint density at radius 1 is 1.21 bits per heavy atom. The van der Waals surface area contributed by atoms with Gasteiger partial charge in [-0.2, -0.15) is 0 Å². The molecular formula is C16H27BrN2. The van der Waals surface area contributed by atoms with Crippen LogP contribution in [0.1, 0.15) is 33.6 Å². The van der Waals surface area contributed by atoms with Crippen molar-refractivity contribution >= 4 is 21.6 Å². The van der Waals surface area contributed by atoms with E-state index in [4.69, 9.17) is 0 Å². The molecule has 0 aliphatic rings. The fourth-order valence-electron chi connectivity index (χ4n) is 2.25. The molecule has 108 valence electrons. The van der Waals surface area contributed by atoms with Crippen molar-refractivity contribution in [1.29, 1.82) is 0 Å². The number of hydrogen-bond donors (Lipinski definition) is 1. The van der Waals surface area contributed by atoms with Crippen LogP contribution >= 0.6 is 15.9 Å². The third-order valence-corrected chi connectivity index (χ3v) is 4.19. The standard InChI is InChI=1S/C16H27BrN2/c1-4-14(5-2)13-19(6-3)11-10-18-16-9-7-8-15(17)12-16/h7-9,12,14,18H,4-6,10-11,13H2,1-3H3. The van der Waals surface area contributed by atoms with E-state index < -0.39 is 0 Å². The monoisotopic (exact) mass is 326 g/mol. The molecule has 0 bridgehead atoms. The fraction of sp³-hybridized carbons (Fsp3) is 0.625. The molecule has 1 aromatic rings. The molecule has 0 aliphatic heterocycles. The van der Waals surface area contributed by atoms with E-state index in [1.165, 1.54) is 25.1 Å². The number of hydrogen-bond acceptors (Lipinski definition) is 2. The van der Waals surface area contributed by atoms with Crippen LogP contribution in [0.3, 0.4) is 0 Å². The van der Waals surface area contributed by atoms with Crippen molar-refractivity contribution in [3.05, 3.63) is 28.7 Å². The smallest absolute Gasteiger partial charge is 0.0351 e. The fourth-order valence-corrected chi connectivity index (χ4v) is 2.65. The zero-order chi connectivity index (χ0) is 14.1. The minimum Gasteiger partial charge on any atom is -0.384 e. The van der Waals surface area contributed by atoms with Crippen molar-refractivity contribution < 1.29 is 0 Å². The quantitative estimate of drug-likeness (QED) is 0.712. The van der Waals surface area contributed by atoms with E-state index in [0.717, 1.165) is 30.0 Å². The second-order valence-corrected chi connectivity index (χ2v) is 5.93. The molecule has 0 saturated heterocycles. The molecule has 0 saturated carbocycles. The van der Waals surface area contributed by atoms with Gasteiger partial charge in [0.05, 0.1) is 0 Å². The summed E-state index contributed by atoms with van der Waals surface area (Å²) in [6.45, 7) is 11.3. The van der Waals surface area contributed by atoms with Crippen molar-refractivity contribution in [3.63, 3.8) is 0 Å². The van der Waals surface area contributed by atoms with Crippen molar-refractivity contribution in [2.75, 3.05) is 31.5 Å². The van der Waals surface area contributed by atoms with Crippen LogP contribution in [0.15, 0.2) is 28.7 Å². The molecule has 0 aromatic heterocycles. The van der Waals surface area contributed by atoms with Gasteiger partial charge in [0.15, 0.2) is 0 Å². The summed E-state index contributed by atoms with van der Waals surface area (Å²) in [6, 6.07) is 8.35. The largest absolute Gasteiger partial charge is 0.384 e. The van der Waals surface area contributed by atoms with Crippen LogP contribution in [0.5, 0.6) is 0 Å².